The summed E-state index contributed by atoms with van der Waals surface area (Å²) in [7, 11) is 1.56. The molecule has 1 saturated heterocycles. The highest BCUT2D eigenvalue weighted by atomic mass is 79.9. The average Bonchev–Trinajstić information content (AvgIpc) is 3.35. The minimum atomic E-state index is -0.709. The molecule has 3 aromatic rings. The quantitative estimate of drug-likeness (QED) is 0.326. The number of ether oxygens (including phenoxy) is 1. The van der Waals surface area contributed by atoms with Crippen molar-refractivity contribution in [1.29, 1.82) is 0 Å². The van der Waals surface area contributed by atoms with Crippen LogP contribution in [0.25, 0.3) is 5.76 Å². The maximum Gasteiger partial charge on any atom is 0.300 e. The van der Waals surface area contributed by atoms with Gasteiger partial charge in [-0.15, -0.1) is 11.3 Å². The van der Waals surface area contributed by atoms with Crippen molar-refractivity contribution >= 4 is 50.4 Å². The maximum atomic E-state index is 13.0. The summed E-state index contributed by atoms with van der Waals surface area (Å²) in [6.45, 7) is 0. The number of hydrogen-bond donors (Lipinski definition) is 1. The third-order valence-electron chi connectivity index (χ3n) is 4.73. The molecule has 4 rings (SSSR count). The summed E-state index contributed by atoms with van der Waals surface area (Å²) in [5.74, 6) is -0.926. The van der Waals surface area contributed by atoms with Crippen molar-refractivity contribution in [2.45, 2.75) is 6.04 Å². The average molecular weight is 470 g/mol. The van der Waals surface area contributed by atoms with Crippen molar-refractivity contribution in [1.82, 2.24) is 0 Å². The van der Waals surface area contributed by atoms with E-state index in [0.29, 0.717) is 17.0 Å². The van der Waals surface area contributed by atoms with Crippen molar-refractivity contribution in [2.24, 2.45) is 0 Å². The van der Waals surface area contributed by atoms with Gasteiger partial charge in [0.2, 0.25) is 0 Å². The number of ketones is 1. The number of thiophene rings is 1. The van der Waals surface area contributed by atoms with Gasteiger partial charge in [0.25, 0.3) is 11.7 Å². The molecule has 1 aliphatic heterocycles. The fourth-order valence-corrected chi connectivity index (χ4v) is 4.41. The Morgan fingerprint density at radius 2 is 1.76 bits per heavy atom. The second-order valence-electron chi connectivity index (χ2n) is 6.39. The number of Topliss-reactive ketones (excluding diaryl/α,β-unsaturated/α-hetero) is 1. The molecule has 2 heterocycles. The van der Waals surface area contributed by atoms with Gasteiger partial charge in [-0.25, -0.2) is 0 Å². The first-order valence-corrected chi connectivity index (χ1v) is 10.4. The Hall–Kier alpha value is -2.90. The monoisotopic (exact) mass is 469 g/mol. The van der Waals surface area contributed by atoms with E-state index in [9.17, 15) is 14.7 Å². The van der Waals surface area contributed by atoms with Crippen molar-refractivity contribution < 1.29 is 19.4 Å². The smallest absolute Gasteiger partial charge is 0.300 e. The Kier molecular flexibility index (Phi) is 5.25. The molecular weight excluding hydrogens is 454 g/mol. The predicted molar refractivity (Wildman–Crippen MR) is 116 cm³/mol. The number of methoxy groups -OCH3 is 1. The standard InChI is InChI=1S/C22H16BrNO4S/c1-28-16-10-8-15(9-11-16)24-19(17-3-2-12-29-17)18(21(26)22(24)27)20(25)13-4-6-14(23)7-5-13/h2-12,19,25H,1H3/b20-18-. The lowest BCUT2D eigenvalue weighted by Crippen LogP contribution is -2.29. The maximum absolute atomic E-state index is 13.0. The van der Waals surface area contributed by atoms with Crippen LogP contribution < -0.4 is 9.64 Å². The number of anilines is 1. The summed E-state index contributed by atoms with van der Waals surface area (Å²) in [4.78, 5) is 28.1. The largest absolute Gasteiger partial charge is 0.507 e. The van der Waals surface area contributed by atoms with Crippen LogP contribution in [0.3, 0.4) is 0 Å². The molecule has 1 unspecified atom stereocenters. The summed E-state index contributed by atoms with van der Waals surface area (Å²) in [5.41, 5.74) is 1.11. The first-order chi connectivity index (χ1) is 14.0. The van der Waals surface area contributed by atoms with E-state index in [2.05, 4.69) is 15.9 Å². The number of aliphatic hydroxyl groups excluding tert-OH is 1. The third kappa shape index (κ3) is 3.47. The van der Waals surface area contributed by atoms with E-state index < -0.39 is 17.7 Å². The summed E-state index contributed by atoms with van der Waals surface area (Å²) in [5, 5.41) is 12.8. The van der Waals surface area contributed by atoms with Crippen LogP contribution in [0, 0.1) is 0 Å². The third-order valence-corrected chi connectivity index (χ3v) is 6.18. The molecule has 1 amide bonds. The molecule has 146 valence electrons. The number of nitrogens with zero attached hydrogens (tertiary/aromatic N) is 1. The molecule has 29 heavy (non-hydrogen) atoms. The molecule has 1 atom stereocenters. The number of benzene rings is 2. The Labute approximate surface area is 180 Å². The fraction of sp³-hybridized carbons (Fsp3) is 0.0909. The second-order valence-corrected chi connectivity index (χ2v) is 8.28. The lowest BCUT2D eigenvalue weighted by molar-refractivity contribution is -0.132. The predicted octanol–water partition coefficient (Wildman–Crippen LogP) is 5.15. The van der Waals surface area contributed by atoms with Gasteiger partial charge in [-0.3, -0.25) is 14.5 Å². The number of hydrogen-bond acceptors (Lipinski definition) is 5. The highest BCUT2D eigenvalue weighted by Crippen LogP contribution is 2.43. The van der Waals surface area contributed by atoms with E-state index >= 15 is 0 Å². The van der Waals surface area contributed by atoms with Crippen molar-refractivity contribution in [2.75, 3.05) is 12.0 Å². The molecule has 1 N–H and O–H groups in total. The van der Waals surface area contributed by atoms with Crippen LogP contribution in [0.15, 0.2) is 76.1 Å². The van der Waals surface area contributed by atoms with Gasteiger partial charge in [0.1, 0.15) is 17.6 Å². The normalized spacial score (nSPS) is 18.3. The van der Waals surface area contributed by atoms with Gasteiger partial charge < -0.3 is 9.84 Å². The van der Waals surface area contributed by atoms with Crippen molar-refractivity contribution in [3.8, 4) is 5.75 Å². The Bertz CT molecular complexity index is 1090. The van der Waals surface area contributed by atoms with E-state index in [0.717, 1.165) is 9.35 Å². The van der Waals surface area contributed by atoms with E-state index in [1.165, 1.54) is 16.2 Å². The van der Waals surface area contributed by atoms with E-state index in [-0.39, 0.29) is 11.3 Å². The second kappa shape index (κ2) is 7.85. The molecule has 0 saturated carbocycles. The number of amides is 1. The number of rotatable bonds is 4. The highest BCUT2D eigenvalue weighted by Gasteiger charge is 2.47. The number of carbonyl (C=O) groups excluding carboxylic acids is 2. The van der Waals surface area contributed by atoms with Crippen LogP contribution in [0.5, 0.6) is 5.75 Å². The van der Waals surface area contributed by atoms with Gasteiger partial charge in [-0.05, 0) is 47.8 Å². The number of aliphatic hydroxyl groups is 1. The zero-order valence-corrected chi connectivity index (χ0v) is 17.7. The lowest BCUT2D eigenvalue weighted by atomic mass is 10.00. The minimum Gasteiger partial charge on any atom is -0.507 e. The summed E-state index contributed by atoms with van der Waals surface area (Å²) >= 11 is 4.78. The molecule has 1 aromatic heterocycles. The molecule has 0 spiro atoms. The Morgan fingerprint density at radius 1 is 1.07 bits per heavy atom. The molecule has 1 aliphatic rings. The van der Waals surface area contributed by atoms with Crippen LogP contribution in [0.1, 0.15) is 16.5 Å². The molecule has 2 aromatic carbocycles. The van der Waals surface area contributed by atoms with E-state index in [4.69, 9.17) is 4.74 Å². The summed E-state index contributed by atoms with van der Waals surface area (Å²) < 4.78 is 6.03. The molecule has 0 radical (unpaired) electrons. The van der Waals surface area contributed by atoms with Crippen LogP contribution in [-0.4, -0.2) is 23.9 Å². The Balaban J connectivity index is 1.88. The van der Waals surface area contributed by atoms with Crippen LogP contribution in [-0.2, 0) is 9.59 Å². The first-order valence-electron chi connectivity index (χ1n) is 8.75. The molecule has 0 bridgehead atoms. The summed E-state index contributed by atoms with van der Waals surface area (Å²) in [6, 6.07) is 16.9. The zero-order chi connectivity index (χ0) is 20.5. The van der Waals surface area contributed by atoms with Crippen LogP contribution in [0.4, 0.5) is 5.69 Å². The highest BCUT2D eigenvalue weighted by molar-refractivity contribution is 9.10. The van der Waals surface area contributed by atoms with Gasteiger partial charge in [0.15, 0.2) is 0 Å². The van der Waals surface area contributed by atoms with E-state index in [1.807, 2.05) is 17.5 Å². The fourth-order valence-electron chi connectivity index (χ4n) is 3.32. The number of carbonyl (C=O) groups is 2. The lowest BCUT2D eigenvalue weighted by Gasteiger charge is -2.24. The molecule has 1 fully saturated rings. The van der Waals surface area contributed by atoms with Gasteiger partial charge in [0.05, 0.1) is 12.7 Å². The number of halogens is 1. The minimum absolute atomic E-state index is 0.0793. The van der Waals surface area contributed by atoms with Gasteiger partial charge in [0, 0.05) is 20.6 Å². The van der Waals surface area contributed by atoms with Gasteiger partial charge in [-0.1, -0.05) is 34.1 Å². The van der Waals surface area contributed by atoms with Crippen molar-refractivity contribution in [3.63, 3.8) is 0 Å². The van der Waals surface area contributed by atoms with E-state index in [1.54, 1.807) is 55.6 Å². The topological polar surface area (TPSA) is 66.8 Å². The molecule has 0 aliphatic carbocycles. The zero-order valence-electron chi connectivity index (χ0n) is 15.3. The summed E-state index contributed by atoms with van der Waals surface area (Å²) in [6.07, 6.45) is 0. The SMILES string of the molecule is COc1ccc(N2C(=O)C(=O)/C(=C(\O)c3ccc(Br)cc3)C2c2cccs2)cc1. The Morgan fingerprint density at radius 3 is 2.34 bits per heavy atom. The van der Waals surface area contributed by atoms with Crippen molar-refractivity contribution in [3.05, 3.63) is 86.5 Å². The molecular formula is C22H16BrNO4S. The van der Waals surface area contributed by atoms with Crippen LogP contribution >= 0.6 is 27.3 Å². The van der Waals surface area contributed by atoms with Gasteiger partial charge in [-0.2, -0.15) is 0 Å². The first kappa shape index (κ1) is 19.4. The van der Waals surface area contributed by atoms with Crippen LogP contribution in [0.2, 0.25) is 0 Å². The molecule has 7 heteroatoms. The molecule has 5 nitrogen and oxygen atoms in total. The van der Waals surface area contributed by atoms with Gasteiger partial charge >= 0.3 is 0 Å².